The number of imidazole rings is 1. The van der Waals surface area contributed by atoms with E-state index in [1.807, 2.05) is 28.7 Å². The van der Waals surface area contributed by atoms with Crippen LogP contribution in [0.1, 0.15) is 51.7 Å². The molecule has 1 N–H and O–H groups in total. The molecule has 0 saturated carbocycles. The maximum Gasteiger partial charge on any atom is 0.233 e. The van der Waals surface area contributed by atoms with Crippen LogP contribution < -0.4 is 10.5 Å². The summed E-state index contributed by atoms with van der Waals surface area (Å²) in [7, 11) is 0. The summed E-state index contributed by atoms with van der Waals surface area (Å²) in [6.45, 7) is 11.5. The molecule has 0 atom stereocenters. The number of nitrogens with one attached hydrogen (secondary N) is 1. The van der Waals surface area contributed by atoms with Crippen LogP contribution in [0.5, 0.6) is 0 Å². The van der Waals surface area contributed by atoms with Crippen LogP contribution in [0.25, 0.3) is 38.7 Å². The van der Waals surface area contributed by atoms with Gasteiger partial charge >= 0.3 is 0 Å². The van der Waals surface area contributed by atoms with Gasteiger partial charge in [0.05, 0.1) is 16.4 Å². The zero-order valence-electron chi connectivity index (χ0n) is 19.5. The highest BCUT2D eigenvalue weighted by Gasteiger charge is 2.41. The minimum absolute atomic E-state index is 0.000569. The highest BCUT2D eigenvalue weighted by Crippen LogP contribution is 2.52. The molecule has 6 heteroatoms. The van der Waals surface area contributed by atoms with Crippen molar-refractivity contribution in [1.82, 2.24) is 14.4 Å². The first-order chi connectivity index (χ1) is 15.7. The molecule has 0 bridgehead atoms. The van der Waals surface area contributed by atoms with Crippen molar-refractivity contribution in [2.45, 2.75) is 51.4 Å². The van der Waals surface area contributed by atoms with Gasteiger partial charge in [0.1, 0.15) is 5.58 Å². The minimum atomic E-state index is 0.000569. The molecule has 0 radical (unpaired) electrons. The Hall–Kier alpha value is -3.41. The van der Waals surface area contributed by atoms with Gasteiger partial charge in [0.2, 0.25) is 11.3 Å². The summed E-state index contributed by atoms with van der Waals surface area (Å²) in [5.41, 5.74) is 8.17. The maximum atomic E-state index is 8.62. The zero-order valence-corrected chi connectivity index (χ0v) is 19.5. The number of rotatable bonds is 0. The highest BCUT2D eigenvalue weighted by atomic mass is 16.3. The molecule has 5 heterocycles. The van der Waals surface area contributed by atoms with E-state index >= 15 is 0 Å². The fourth-order valence-corrected chi connectivity index (χ4v) is 5.97. The second-order valence-corrected chi connectivity index (χ2v) is 11.0. The van der Waals surface area contributed by atoms with Crippen molar-refractivity contribution in [2.24, 2.45) is 0 Å². The number of aromatic nitrogens is 3. The largest absolute Gasteiger partial charge is 0.437 e. The van der Waals surface area contributed by atoms with Gasteiger partial charge in [0, 0.05) is 29.7 Å². The Morgan fingerprint density at radius 3 is 2.55 bits per heavy atom. The summed E-state index contributed by atoms with van der Waals surface area (Å²) in [6.07, 6.45) is 2.24. The second kappa shape index (κ2) is 5.93. The van der Waals surface area contributed by atoms with Gasteiger partial charge < -0.3 is 9.32 Å². The van der Waals surface area contributed by atoms with Crippen molar-refractivity contribution in [3.05, 3.63) is 53.1 Å². The third-order valence-electron chi connectivity index (χ3n) is 7.97. The molecule has 2 aromatic carbocycles. The van der Waals surface area contributed by atoms with Crippen molar-refractivity contribution < 1.29 is 4.42 Å². The number of fused-ring (bicyclic) bond motifs is 7. The zero-order chi connectivity index (χ0) is 22.7. The van der Waals surface area contributed by atoms with Crippen LogP contribution in [-0.4, -0.2) is 27.5 Å². The van der Waals surface area contributed by atoms with Gasteiger partial charge in [-0.25, -0.2) is 4.98 Å². The lowest BCUT2D eigenvalue weighted by Gasteiger charge is -2.48. The van der Waals surface area contributed by atoms with Gasteiger partial charge in [0.25, 0.3) is 0 Å². The third-order valence-corrected chi connectivity index (χ3v) is 7.97. The lowest BCUT2D eigenvalue weighted by atomic mass is 9.69. The summed E-state index contributed by atoms with van der Waals surface area (Å²) >= 11 is 0. The van der Waals surface area contributed by atoms with E-state index in [0.717, 1.165) is 59.0 Å². The van der Waals surface area contributed by atoms with Crippen LogP contribution >= 0.6 is 0 Å². The average Bonchev–Trinajstić information content (AvgIpc) is 3.16. The fraction of sp³-hybridized carbons (Fsp3) is 0.370. The molecule has 33 heavy (non-hydrogen) atoms. The van der Waals surface area contributed by atoms with E-state index in [2.05, 4.69) is 49.7 Å². The molecule has 5 aromatic rings. The lowest BCUT2D eigenvalue weighted by molar-refractivity contribution is 0.400. The molecule has 2 aliphatic heterocycles. The van der Waals surface area contributed by atoms with Crippen LogP contribution in [0, 0.1) is 5.41 Å². The Morgan fingerprint density at radius 1 is 0.970 bits per heavy atom. The standard InChI is InChI=1S/C27H27N5O/c1-26(2)9-11-31-12-10-27(3,4)20-21(31)17(26)14-15-13-16-23-29-18-7-5-6-8-19(18)32(23)25(28)30-24(16)33-22(15)20/h5-8,13-14,28H,9-12H2,1-4H3. The summed E-state index contributed by atoms with van der Waals surface area (Å²) < 4.78 is 8.41. The van der Waals surface area contributed by atoms with E-state index < -0.39 is 0 Å². The summed E-state index contributed by atoms with van der Waals surface area (Å²) in [5, 5.41) is 10.6. The Balaban J connectivity index is 1.68. The molecular formula is C27H27N5O. The first-order valence-electron chi connectivity index (χ1n) is 11.8. The van der Waals surface area contributed by atoms with Gasteiger partial charge in [-0.2, -0.15) is 4.98 Å². The smallest absolute Gasteiger partial charge is 0.233 e. The van der Waals surface area contributed by atoms with Gasteiger partial charge in [-0.3, -0.25) is 9.81 Å². The van der Waals surface area contributed by atoms with Crippen LogP contribution in [0.2, 0.25) is 0 Å². The van der Waals surface area contributed by atoms with Crippen molar-refractivity contribution in [2.75, 3.05) is 18.0 Å². The van der Waals surface area contributed by atoms with Gasteiger partial charge in [0.15, 0.2) is 5.65 Å². The first-order valence-corrected chi connectivity index (χ1v) is 11.8. The van der Waals surface area contributed by atoms with Gasteiger partial charge in [-0.15, -0.1) is 0 Å². The molecule has 0 fully saturated rings. The van der Waals surface area contributed by atoms with E-state index in [0.29, 0.717) is 5.71 Å². The fourth-order valence-electron chi connectivity index (χ4n) is 5.97. The number of benzene rings is 2. The van der Waals surface area contributed by atoms with Crippen molar-refractivity contribution >= 4 is 44.4 Å². The Labute approximate surface area is 191 Å². The van der Waals surface area contributed by atoms with E-state index in [1.54, 1.807) is 0 Å². The van der Waals surface area contributed by atoms with Crippen LogP contribution in [0.3, 0.4) is 0 Å². The number of para-hydroxylation sites is 2. The monoisotopic (exact) mass is 437 g/mol. The second-order valence-electron chi connectivity index (χ2n) is 11.0. The van der Waals surface area contributed by atoms with Crippen LogP contribution in [-0.2, 0) is 10.8 Å². The van der Waals surface area contributed by atoms with Crippen LogP contribution in [0.15, 0.2) is 40.8 Å². The van der Waals surface area contributed by atoms with E-state index in [1.165, 1.54) is 16.8 Å². The number of hydrogen-bond acceptors (Lipinski definition) is 5. The number of nitrogens with zero attached hydrogens (tertiary/aromatic N) is 4. The maximum absolute atomic E-state index is 8.62. The lowest BCUT2D eigenvalue weighted by Crippen LogP contribution is -2.44. The Morgan fingerprint density at radius 2 is 1.73 bits per heavy atom. The van der Waals surface area contributed by atoms with Gasteiger partial charge in [-0.1, -0.05) is 39.8 Å². The van der Waals surface area contributed by atoms with Crippen LogP contribution in [0.4, 0.5) is 5.69 Å². The van der Waals surface area contributed by atoms with Crippen molar-refractivity contribution in [3.8, 4) is 0 Å². The molecule has 0 unspecified atom stereocenters. The minimum Gasteiger partial charge on any atom is -0.437 e. The molecular weight excluding hydrogens is 410 g/mol. The molecule has 0 spiro atoms. The van der Waals surface area contributed by atoms with E-state index in [4.69, 9.17) is 14.8 Å². The highest BCUT2D eigenvalue weighted by molar-refractivity contribution is 6.01. The van der Waals surface area contributed by atoms with E-state index in [-0.39, 0.29) is 16.4 Å². The molecule has 0 saturated heterocycles. The molecule has 7 rings (SSSR count). The molecule has 6 nitrogen and oxygen atoms in total. The van der Waals surface area contributed by atoms with Gasteiger partial charge in [-0.05, 0) is 53.5 Å². The molecule has 2 aliphatic rings. The van der Waals surface area contributed by atoms with Crippen molar-refractivity contribution in [1.29, 1.82) is 5.41 Å². The predicted molar refractivity (Wildman–Crippen MR) is 131 cm³/mol. The predicted octanol–water partition coefficient (Wildman–Crippen LogP) is 5.43. The Kier molecular flexibility index (Phi) is 3.43. The normalized spacial score (nSPS) is 19.0. The summed E-state index contributed by atoms with van der Waals surface area (Å²) in [4.78, 5) is 12.0. The topological polar surface area (TPSA) is 70.4 Å². The molecule has 0 amide bonds. The summed E-state index contributed by atoms with van der Waals surface area (Å²) in [6, 6.07) is 12.4. The quantitative estimate of drug-likeness (QED) is 0.328. The average molecular weight is 438 g/mol. The Bertz CT molecular complexity index is 1700. The van der Waals surface area contributed by atoms with Crippen molar-refractivity contribution in [3.63, 3.8) is 0 Å². The molecule has 0 aliphatic carbocycles. The molecule has 3 aromatic heterocycles. The summed E-state index contributed by atoms with van der Waals surface area (Å²) in [5.74, 6) is 0. The number of hydrogen-bond donors (Lipinski definition) is 1. The first kappa shape index (κ1) is 19.1. The third kappa shape index (κ3) is 2.41. The number of anilines is 1. The van der Waals surface area contributed by atoms with E-state index in [9.17, 15) is 0 Å². The molecule has 166 valence electrons. The SMILES string of the molecule is CC1(C)CCN2CCC(C)(C)c3c2c1cc1cc2c(nc(=N)n4c5ccccc5nc24)oc31.